The van der Waals surface area contributed by atoms with Gasteiger partial charge >= 0.3 is 0 Å². The largest absolute Gasteiger partial charge is 0.494 e. The van der Waals surface area contributed by atoms with E-state index in [1.165, 1.54) is 0 Å². The molecule has 0 atom stereocenters. The molecule has 0 saturated heterocycles. The maximum atomic E-state index is 11.5. The molecule has 0 radical (unpaired) electrons. The first-order valence-electron chi connectivity index (χ1n) is 6.30. The fourth-order valence-corrected chi connectivity index (χ4v) is 1.38. The Bertz CT molecular complexity index is 393. The van der Waals surface area contributed by atoms with Gasteiger partial charge in [0.1, 0.15) is 5.75 Å². The first kappa shape index (κ1) is 14.3. The normalized spacial score (nSPS) is 10.9. The molecule has 0 heterocycles. The Morgan fingerprint density at radius 3 is 2.56 bits per heavy atom. The van der Waals surface area contributed by atoms with E-state index >= 15 is 0 Å². The molecule has 18 heavy (non-hydrogen) atoms. The maximum Gasteiger partial charge on any atom is 0.244 e. The minimum absolute atomic E-state index is 0.0578. The lowest BCUT2D eigenvalue weighted by Gasteiger charge is -2.04. The van der Waals surface area contributed by atoms with Crippen LogP contribution in [0.3, 0.4) is 0 Å². The van der Waals surface area contributed by atoms with Gasteiger partial charge in [-0.2, -0.15) is 0 Å². The topological polar surface area (TPSA) is 38.3 Å². The van der Waals surface area contributed by atoms with Crippen LogP contribution < -0.4 is 10.1 Å². The Morgan fingerprint density at radius 2 is 2.00 bits per heavy atom. The van der Waals surface area contributed by atoms with E-state index < -0.39 is 0 Å². The van der Waals surface area contributed by atoms with Crippen molar-refractivity contribution in [1.82, 2.24) is 5.32 Å². The lowest BCUT2D eigenvalue weighted by Crippen LogP contribution is -2.25. The predicted octanol–water partition coefficient (Wildman–Crippen LogP) is 2.87. The Balaban J connectivity index is 2.48. The van der Waals surface area contributed by atoms with Gasteiger partial charge in [0.2, 0.25) is 5.91 Å². The van der Waals surface area contributed by atoms with Crippen LogP contribution in [0.1, 0.15) is 26.3 Å². The van der Waals surface area contributed by atoms with Crippen molar-refractivity contribution in [1.29, 1.82) is 0 Å². The van der Waals surface area contributed by atoms with Crippen LogP contribution in [-0.4, -0.2) is 19.1 Å². The third-order valence-electron chi connectivity index (χ3n) is 2.30. The van der Waals surface area contributed by atoms with Gasteiger partial charge in [-0.3, -0.25) is 4.79 Å². The maximum absolute atomic E-state index is 11.5. The molecule has 0 aromatic heterocycles. The number of carbonyl (C=O) groups is 1. The second-order valence-electron chi connectivity index (χ2n) is 4.47. The van der Waals surface area contributed by atoms with Crippen molar-refractivity contribution in [2.75, 3.05) is 13.2 Å². The zero-order chi connectivity index (χ0) is 13.4. The minimum Gasteiger partial charge on any atom is -0.494 e. The van der Waals surface area contributed by atoms with E-state index in [9.17, 15) is 4.79 Å². The Labute approximate surface area is 109 Å². The number of ether oxygens (including phenoxy) is 1. The summed E-state index contributed by atoms with van der Waals surface area (Å²) >= 11 is 0. The van der Waals surface area contributed by atoms with E-state index in [4.69, 9.17) is 4.74 Å². The van der Waals surface area contributed by atoms with E-state index in [0.717, 1.165) is 11.3 Å². The molecule has 0 bridgehead atoms. The van der Waals surface area contributed by atoms with Crippen molar-refractivity contribution in [3.05, 3.63) is 35.9 Å². The average Bonchev–Trinajstić information content (AvgIpc) is 2.36. The van der Waals surface area contributed by atoms with Gasteiger partial charge in [0.25, 0.3) is 0 Å². The molecule has 0 aliphatic rings. The predicted molar refractivity (Wildman–Crippen MR) is 74.5 cm³/mol. The molecule has 0 unspecified atom stereocenters. The quantitative estimate of drug-likeness (QED) is 0.785. The van der Waals surface area contributed by atoms with Crippen LogP contribution >= 0.6 is 0 Å². The Hall–Kier alpha value is -1.77. The second kappa shape index (κ2) is 7.54. The first-order valence-corrected chi connectivity index (χ1v) is 6.30. The van der Waals surface area contributed by atoms with Gasteiger partial charge in [0.15, 0.2) is 0 Å². The van der Waals surface area contributed by atoms with Gasteiger partial charge in [-0.25, -0.2) is 0 Å². The molecule has 0 fully saturated rings. The van der Waals surface area contributed by atoms with Crippen LogP contribution in [0.5, 0.6) is 5.75 Å². The standard InChI is InChI=1S/C15H21NO2/c1-4-18-14-8-5-13(6-9-14)7-10-15(17)16-11-12(2)3/h5-10,12H,4,11H2,1-3H3,(H,16,17)/b10-7+. The molecule has 1 rings (SSSR count). The summed E-state index contributed by atoms with van der Waals surface area (Å²) in [5, 5.41) is 2.83. The van der Waals surface area contributed by atoms with Crippen molar-refractivity contribution in [3.63, 3.8) is 0 Å². The molecule has 3 heteroatoms. The van der Waals surface area contributed by atoms with E-state index in [0.29, 0.717) is 19.1 Å². The summed E-state index contributed by atoms with van der Waals surface area (Å²) in [5.74, 6) is 1.25. The molecule has 0 aliphatic heterocycles. The summed E-state index contributed by atoms with van der Waals surface area (Å²) in [4.78, 5) is 11.5. The zero-order valence-electron chi connectivity index (χ0n) is 11.3. The summed E-state index contributed by atoms with van der Waals surface area (Å²) in [5.41, 5.74) is 0.984. The van der Waals surface area contributed by atoms with Gasteiger partial charge in [-0.1, -0.05) is 26.0 Å². The van der Waals surface area contributed by atoms with Crippen molar-refractivity contribution >= 4 is 12.0 Å². The van der Waals surface area contributed by atoms with Crippen LogP contribution in [0.2, 0.25) is 0 Å². The number of benzene rings is 1. The van der Waals surface area contributed by atoms with Crippen molar-refractivity contribution in [2.45, 2.75) is 20.8 Å². The Morgan fingerprint density at radius 1 is 1.33 bits per heavy atom. The monoisotopic (exact) mass is 247 g/mol. The van der Waals surface area contributed by atoms with E-state index in [-0.39, 0.29) is 5.91 Å². The van der Waals surface area contributed by atoms with Crippen LogP contribution in [0, 0.1) is 5.92 Å². The summed E-state index contributed by atoms with van der Waals surface area (Å²) in [6, 6.07) is 7.65. The lowest BCUT2D eigenvalue weighted by molar-refractivity contribution is -0.116. The van der Waals surface area contributed by atoms with Crippen molar-refractivity contribution in [3.8, 4) is 5.75 Å². The fourth-order valence-electron chi connectivity index (χ4n) is 1.38. The molecule has 0 saturated carbocycles. The highest BCUT2D eigenvalue weighted by Gasteiger charge is 1.97. The highest BCUT2D eigenvalue weighted by atomic mass is 16.5. The molecule has 1 aromatic carbocycles. The molecule has 1 aromatic rings. The van der Waals surface area contributed by atoms with E-state index in [1.54, 1.807) is 12.2 Å². The number of hydrogen-bond acceptors (Lipinski definition) is 2. The highest BCUT2D eigenvalue weighted by molar-refractivity contribution is 5.91. The molecule has 1 amide bonds. The smallest absolute Gasteiger partial charge is 0.244 e. The van der Waals surface area contributed by atoms with Gasteiger partial charge < -0.3 is 10.1 Å². The van der Waals surface area contributed by atoms with Crippen LogP contribution in [0.25, 0.3) is 6.08 Å². The number of rotatable bonds is 6. The number of amides is 1. The minimum atomic E-state index is -0.0578. The van der Waals surface area contributed by atoms with Crippen LogP contribution in [0.4, 0.5) is 0 Å². The summed E-state index contributed by atoms with van der Waals surface area (Å²) < 4.78 is 5.35. The number of carbonyl (C=O) groups excluding carboxylic acids is 1. The Kier molecular flexibility index (Phi) is 5.98. The van der Waals surface area contributed by atoms with Crippen LogP contribution in [0.15, 0.2) is 30.3 Å². The van der Waals surface area contributed by atoms with Crippen LogP contribution in [-0.2, 0) is 4.79 Å². The molecule has 98 valence electrons. The first-order chi connectivity index (χ1) is 8.61. The summed E-state index contributed by atoms with van der Waals surface area (Å²) in [6.07, 6.45) is 3.35. The average molecular weight is 247 g/mol. The van der Waals surface area contributed by atoms with E-state index in [2.05, 4.69) is 19.2 Å². The molecule has 0 aliphatic carbocycles. The van der Waals surface area contributed by atoms with Crippen molar-refractivity contribution < 1.29 is 9.53 Å². The van der Waals surface area contributed by atoms with Gasteiger partial charge in [0.05, 0.1) is 6.61 Å². The molecule has 0 spiro atoms. The zero-order valence-corrected chi connectivity index (χ0v) is 11.3. The number of hydrogen-bond donors (Lipinski definition) is 1. The molecular weight excluding hydrogens is 226 g/mol. The van der Waals surface area contributed by atoms with E-state index in [1.807, 2.05) is 31.2 Å². The van der Waals surface area contributed by atoms with Crippen molar-refractivity contribution in [2.24, 2.45) is 5.92 Å². The van der Waals surface area contributed by atoms with Gasteiger partial charge in [0, 0.05) is 12.6 Å². The number of nitrogens with one attached hydrogen (secondary N) is 1. The second-order valence-corrected chi connectivity index (χ2v) is 4.47. The van der Waals surface area contributed by atoms with Gasteiger partial charge in [-0.05, 0) is 36.6 Å². The summed E-state index contributed by atoms with van der Waals surface area (Å²) in [6.45, 7) is 7.44. The lowest BCUT2D eigenvalue weighted by atomic mass is 10.2. The molecule has 3 nitrogen and oxygen atoms in total. The fraction of sp³-hybridized carbons (Fsp3) is 0.400. The third kappa shape index (κ3) is 5.53. The molecular formula is C15H21NO2. The summed E-state index contributed by atoms with van der Waals surface area (Å²) in [7, 11) is 0. The SMILES string of the molecule is CCOc1ccc(/C=C/C(=O)NCC(C)C)cc1. The van der Waals surface area contributed by atoms with Gasteiger partial charge in [-0.15, -0.1) is 0 Å². The molecule has 1 N–H and O–H groups in total. The highest BCUT2D eigenvalue weighted by Crippen LogP contribution is 2.12. The third-order valence-corrected chi connectivity index (χ3v) is 2.30.